The van der Waals surface area contributed by atoms with Crippen molar-refractivity contribution in [3.8, 4) is 89.0 Å². The maximum atomic E-state index is 7.02. The van der Waals surface area contributed by atoms with Crippen LogP contribution in [0.5, 0.6) is 0 Å². The van der Waals surface area contributed by atoms with E-state index in [4.69, 9.17) is 13.3 Å². The molecule has 0 radical (unpaired) electrons. The van der Waals surface area contributed by atoms with Crippen molar-refractivity contribution in [2.75, 3.05) is 9.80 Å². The first-order chi connectivity index (χ1) is 54.0. The van der Waals surface area contributed by atoms with Crippen molar-refractivity contribution in [3.05, 3.63) is 400 Å². The molecule has 3 heterocycles. The van der Waals surface area contributed by atoms with E-state index in [0.29, 0.717) is 0 Å². The van der Waals surface area contributed by atoms with Gasteiger partial charge in [-0.3, -0.25) is 0 Å². The highest BCUT2D eigenvalue weighted by atomic mass is 16.3. The molecule has 5 nitrogen and oxygen atoms in total. The Hall–Kier alpha value is -14.5. The molecule has 0 saturated carbocycles. The average molecular weight is 1390 g/mol. The van der Waals surface area contributed by atoms with Crippen LogP contribution in [0.25, 0.3) is 176 Å². The van der Waals surface area contributed by atoms with Crippen LogP contribution < -0.4 is 9.80 Å². The highest BCUT2D eigenvalue weighted by molar-refractivity contribution is 6.17. The molecule has 0 aliphatic heterocycles. The van der Waals surface area contributed by atoms with Crippen molar-refractivity contribution < 1.29 is 13.3 Å². The maximum absolute atomic E-state index is 7.02. The first kappa shape index (κ1) is 63.0. The molecule has 21 rings (SSSR count). The van der Waals surface area contributed by atoms with Crippen LogP contribution in [0.2, 0.25) is 0 Å². The van der Waals surface area contributed by atoms with Gasteiger partial charge < -0.3 is 23.1 Å². The third-order valence-electron chi connectivity index (χ3n) is 22.0. The lowest BCUT2D eigenvalue weighted by atomic mass is 9.92. The van der Waals surface area contributed by atoms with E-state index in [1.54, 1.807) is 0 Å². The SMILES string of the molecule is c1ccc(-c2ccc(-c3ccc(N(c4ccc(-c5cccc6c(-c7ccc8c(c7)oc7cccc(-c9ccccc9N(c9ccc(-c%10cccc%11ccccc%10%11)cc9)c9ccc(-c%10cccc%11c%10oc%10ccccc%10%11)cc9)c78)cccc56)cc4)c4ccccc4-c4cccc5oc6ccccc6c45)cc3)cc2)cc1. The molecular formula is C104H66N2O3. The molecule has 0 saturated heterocycles. The van der Waals surface area contributed by atoms with Crippen molar-refractivity contribution in [2.24, 2.45) is 0 Å². The van der Waals surface area contributed by atoms with Crippen molar-refractivity contribution >= 4 is 121 Å². The number of rotatable bonds is 14. The highest BCUT2D eigenvalue weighted by Crippen LogP contribution is 2.50. The summed E-state index contributed by atoms with van der Waals surface area (Å²) >= 11 is 0. The minimum atomic E-state index is 0.824. The lowest BCUT2D eigenvalue weighted by molar-refractivity contribution is 0.668. The van der Waals surface area contributed by atoms with Crippen LogP contribution in [-0.2, 0) is 0 Å². The van der Waals surface area contributed by atoms with Crippen LogP contribution >= 0.6 is 0 Å². The van der Waals surface area contributed by atoms with Crippen LogP contribution in [0.4, 0.5) is 34.1 Å². The topological polar surface area (TPSA) is 45.9 Å². The van der Waals surface area contributed by atoms with Crippen LogP contribution in [0.15, 0.2) is 414 Å². The van der Waals surface area contributed by atoms with Crippen molar-refractivity contribution in [3.63, 3.8) is 0 Å². The predicted octanol–water partition coefficient (Wildman–Crippen LogP) is 30.0. The largest absolute Gasteiger partial charge is 0.456 e. The van der Waals surface area contributed by atoms with E-state index >= 15 is 0 Å². The maximum Gasteiger partial charge on any atom is 0.143 e. The molecule has 0 atom stereocenters. The summed E-state index contributed by atoms with van der Waals surface area (Å²) in [5.41, 5.74) is 29.4. The average Bonchev–Trinajstić information content (AvgIpc) is 1.69. The molecule has 109 heavy (non-hydrogen) atoms. The predicted molar refractivity (Wildman–Crippen MR) is 456 cm³/mol. The number of furan rings is 3. The zero-order valence-electron chi connectivity index (χ0n) is 59.2. The smallest absolute Gasteiger partial charge is 0.143 e. The Morgan fingerprint density at radius 2 is 0.495 bits per heavy atom. The minimum Gasteiger partial charge on any atom is -0.456 e. The van der Waals surface area contributed by atoms with E-state index < -0.39 is 0 Å². The fourth-order valence-electron chi connectivity index (χ4n) is 16.8. The van der Waals surface area contributed by atoms with E-state index in [2.05, 4.69) is 392 Å². The summed E-state index contributed by atoms with van der Waals surface area (Å²) in [6, 6.07) is 144. The Labute approximate surface area is 629 Å². The molecule has 0 fully saturated rings. The normalized spacial score (nSPS) is 11.7. The van der Waals surface area contributed by atoms with Gasteiger partial charge in [-0.25, -0.2) is 0 Å². The van der Waals surface area contributed by atoms with Gasteiger partial charge in [-0.15, -0.1) is 0 Å². The van der Waals surface area contributed by atoms with Crippen LogP contribution in [-0.4, -0.2) is 0 Å². The first-order valence-corrected chi connectivity index (χ1v) is 37.2. The quantitative estimate of drug-likeness (QED) is 0.109. The lowest BCUT2D eigenvalue weighted by Gasteiger charge is -2.28. The van der Waals surface area contributed by atoms with E-state index in [9.17, 15) is 0 Å². The number of fused-ring (bicyclic) bond motifs is 11. The summed E-state index contributed by atoms with van der Waals surface area (Å²) in [5, 5.41) is 11.3. The Morgan fingerprint density at radius 1 is 0.165 bits per heavy atom. The zero-order chi connectivity index (χ0) is 71.9. The fraction of sp³-hybridized carbons (Fsp3) is 0. The molecular weight excluding hydrogens is 1330 g/mol. The van der Waals surface area contributed by atoms with Gasteiger partial charge in [0, 0.05) is 71.8 Å². The highest BCUT2D eigenvalue weighted by Gasteiger charge is 2.25. The fourth-order valence-corrected chi connectivity index (χ4v) is 16.8. The number of hydrogen-bond acceptors (Lipinski definition) is 5. The first-order valence-electron chi connectivity index (χ1n) is 37.2. The van der Waals surface area contributed by atoms with E-state index in [0.717, 1.165) is 183 Å². The Balaban J connectivity index is 0.633. The molecule has 5 heteroatoms. The van der Waals surface area contributed by atoms with Crippen LogP contribution in [0.1, 0.15) is 0 Å². The Bertz CT molecular complexity index is 7070. The molecule has 0 aliphatic carbocycles. The number of para-hydroxylation sites is 5. The van der Waals surface area contributed by atoms with Crippen LogP contribution in [0.3, 0.4) is 0 Å². The van der Waals surface area contributed by atoms with Crippen molar-refractivity contribution in [1.29, 1.82) is 0 Å². The van der Waals surface area contributed by atoms with Gasteiger partial charge in [-0.2, -0.15) is 0 Å². The van der Waals surface area contributed by atoms with Gasteiger partial charge >= 0.3 is 0 Å². The molecule has 18 aromatic carbocycles. The summed E-state index contributed by atoms with van der Waals surface area (Å²) in [4.78, 5) is 4.79. The molecule has 0 aliphatic rings. The number of hydrogen-bond donors (Lipinski definition) is 0. The van der Waals surface area contributed by atoms with Crippen LogP contribution in [0, 0.1) is 0 Å². The minimum absolute atomic E-state index is 0.824. The number of anilines is 6. The Morgan fingerprint density at radius 3 is 1.06 bits per heavy atom. The van der Waals surface area contributed by atoms with Gasteiger partial charge in [0.2, 0.25) is 0 Å². The summed E-state index contributed by atoms with van der Waals surface area (Å²) in [6.45, 7) is 0. The lowest BCUT2D eigenvalue weighted by Crippen LogP contribution is -2.11. The third kappa shape index (κ3) is 10.9. The molecule has 0 N–H and O–H groups in total. The summed E-state index contributed by atoms with van der Waals surface area (Å²) in [7, 11) is 0. The molecule has 0 amide bonds. The zero-order valence-corrected chi connectivity index (χ0v) is 59.2. The second kappa shape index (κ2) is 26.3. The van der Waals surface area contributed by atoms with E-state index in [-0.39, 0.29) is 0 Å². The number of nitrogens with zero attached hydrogens (tertiary/aromatic N) is 2. The molecule has 510 valence electrons. The van der Waals surface area contributed by atoms with Gasteiger partial charge in [-0.1, -0.05) is 303 Å². The van der Waals surface area contributed by atoms with Gasteiger partial charge in [0.25, 0.3) is 0 Å². The monoisotopic (exact) mass is 1390 g/mol. The van der Waals surface area contributed by atoms with Gasteiger partial charge in [0.1, 0.15) is 33.5 Å². The summed E-state index contributed by atoms with van der Waals surface area (Å²) in [5.74, 6) is 0. The molecule has 3 aromatic heterocycles. The summed E-state index contributed by atoms with van der Waals surface area (Å²) in [6.07, 6.45) is 0. The van der Waals surface area contributed by atoms with Gasteiger partial charge in [0.05, 0.1) is 11.4 Å². The Kier molecular flexibility index (Phi) is 15.2. The second-order valence-corrected chi connectivity index (χ2v) is 28.1. The molecule has 0 spiro atoms. The third-order valence-corrected chi connectivity index (χ3v) is 22.0. The van der Waals surface area contributed by atoms with Crippen molar-refractivity contribution in [1.82, 2.24) is 0 Å². The molecule has 0 bridgehead atoms. The standard InChI is InChI=1S/C104H66N2O3/c1-2-20-67(21-3-1)68-44-46-69(47-45-68)70-48-57-76(58-49-70)105(95-38-10-6-25-87(95)90-35-18-42-99-102(90)93-28-9-13-41-98(93)107-99)78-61-52-73(53-62-78)82-30-15-34-86-83(31-16-33-85(82)86)75-56-65-94-101(66-75)108-100-43-19-36-91(103(94)100)88-26-7-11-39-96(88)106(77-59-50-72(51-60-77)81-29-14-23-71-22-4-5-24-80(71)81)79-63-54-74(55-64-79)84-32-17-37-92-89-27-8-12-40-97(89)109-104(84)92/h1-66H. The summed E-state index contributed by atoms with van der Waals surface area (Å²) < 4.78 is 20.1. The van der Waals surface area contributed by atoms with Gasteiger partial charge in [-0.05, 0) is 191 Å². The van der Waals surface area contributed by atoms with E-state index in [1.807, 2.05) is 18.2 Å². The van der Waals surface area contributed by atoms with E-state index in [1.165, 1.54) is 27.5 Å². The van der Waals surface area contributed by atoms with Gasteiger partial charge in [0.15, 0.2) is 0 Å². The molecule has 21 aromatic rings. The van der Waals surface area contributed by atoms with Crippen molar-refractivity contribution in [2.45, 2.75) is 0 Å². The second-order valence-electron chi connectivity index (χ2n) is 28.1. The molecule has 0 unspecified atom stereocenters. The number of benzene rings is 18.